The highest BCUT2D eigenvalue weighted by molar-refractivity contribution is 5.34. The molecule has 14 heavy (non-hydrogen) atoms. The summed E-state index contributed by atoms with van der Waals surface area (Å²) in [6.45, 7) is 7.05. The van der Waals surface area contributed by atoms with E-state index in [1.54, 1.807) is 0 Å². The summed E-state index contributed by atoms with van der Waals surface area (Å²) in [5, 5.41) is 6.53. The molecule has 2 N–H and O–H groups in total. The van der Waals surface area contributed by atoms with Gasteiger partial charge in [-0.15, -0.1) is 0 Å². The Morgan fingerprint density at radius 1 is 1.29 bits per heavy atom. The molecule has 3 nitrogen and oxygen atoms in total. The van der Waals surface area contributed by atoms with Crippen molar-refractivity contribution in [2.75, 3.05) is 18.4 Å². The molecule has 1 heterocycles. The first-order valence-electron chi connectivity index (χ1n) is 5.27. The summed E-state index contributed by atoms with van der Waals surface area (Å²) in [5.74, 6) is 0.961. The topological polar surface area (TPSA) is 37.0 Å². The smallest absolute Gasteiger partial charge is 0.126 e. The third-order valence-corrected chi connectivity index (χ3v) is 1.90. The lowest BCUT2D eigenvalue weighted by Gasteiger charge is -2.05. The van der Waals surface area contributed by atoms with Crippen LogP contribution in [-0.2, 0) is 6.54 Å². The number of aromatic nitrogens is 1. The monoisotopic (exact) mass is 193 g/mol. The molecule has 0 aliphatic heterocycles. The number of hydrogen-bond donors (Lipinski definition) is 2. The van der Waals surface area contributed by atoms with Crippen LogP contribution in [0.4, 0.5) is 5.82 Å². The largest absolute Gasteiger partial charge is 0.370 e. The highest BCUT2D eigenvalue weighted by atomic mass is 15.0. The zero-order valence-corrected chi connectivity index (χ0v) is 9.01. The van der Waals surface area contributed by atoms with Gasteiger partial charge >= 0.3 is 0 Å². The number of hydrogen-bond acceptors (Lipinski definition) is 3. The first-order chi connectivity index (χ1) is 6.86. The van der Waals surface area contributed by atoms with Crippen molar-refractivity contribution in [3.05, 3.63) is 23.9 Å². The minimum atomic E-state index is 0.854. The minimum absolute atomic E-state index is 0.854. The highest BCUT2D eigenvalue weighted by Crippen LogP contribution is 2.03. The molecule has 1 rings (SSSR count). The van der Waals surface area contributed by atoms with E-state index in [9.17, 15) is 0 Å². The van der Waals surface area contributed by atoms with Crippen LogP contribution in [0.2, 0.25) is 0 Å². The molecule has 0 fully saturated rings. The standard InChI is InChI=1S/C11H19N3/c1-3-8-12-9-10-6-5-7-11(14-10)13-4-2/h5-7,12H,3-4,8-9H2,1-2H3,(H,13,14). The Balaban J connectivity index is 2.46. The van der Waals surface area contributed by atoms with Crippen molar-refractivity contribution >= 4 is 5.82 Å². The fraction of sp³-hybridized carbons (Fsp3) is 0.545. The van der Waals surface area contributed by atoms with E-state index in [-0.39, 0.29) is 0 Å². The zero-order chi connectivity index (χ0) is 10.2. The Hall–Kier alpha value is -1.09. The quantitative estimate of drug-likeness (QED) is 0.679. The van der Waals surface area contributed by atoms with E-state index < -0.39 is 0 Å². The lowest BCUT2D eigenvalue weighted by Crippen LogP contribution is -2.15. The van der Waals surface area contributed by atoms with Gasteiger partial charge in [-0.2, -0.15) is 0 Å². The van der Waals surface area contributed by atoms with Gasteiger partial charge in [-0.1, -0.05) is 13.0 Å². The van der Waals surface area contributed by atoms with E-state index in [1.807, 2.05) is 18.2 Å². The maximum atomic E-state index is 4.46. The second-order valence-corrected chi connectivity index (χ2v) is 3.22. The van der Waals surface area contributed by atoms with Crippen molar-refractivity contribution in [1.82, 2.24) is 10.3 Å². The Morgan fingerprint density at radius 3 is 2.86 bits per heavy atom. The Labute approximate surface area is 85.9 Å². The van der Waals surface area contributed by atoms with E-state index in [1.165, 1.54) is 0 Å². The summed E-state index contributed by atoms with van der Waals surface area (Å²) in [7, 11) is 0. The molecular formula is C11H19N3. The number of nitrogens with zero attached hydrogens (tertiary/aromatic N) is 1. The molecule has 3 heteroatoms. The molecule has 0 bridgehead atoms. The van der Waals surface area contributed by atoms with Crippen LogP contribution in [0.1, 0.15) is 26.0 Å². The first-order valence-corrected chi connectivity index (χ1v) is 5.27. The van der Waals surface area contributed by atoms with Gasteiger partial charge in [0, 0.05) is 13.1 Å². The molecule has 0 atom stereocenters. The first kappa shape index (κ1) is 11.0. The van der Waals surface area contributed by atoms with Gasteiger partial charge in [-0.05, 0) is 32.0 Å². The van der Waals surface area contributed by atoms with Gasteiger partial charge in [0.25, 0.3) is 0 Å². The van der Waals surface area contributed by atoms with Crippen LogP contribution in [0.3, 0.4) is 0 Å². The lowest BCUT2D eigenvalue weighted by atomic mass is 10.3. The number of rotatable bonds is 6. The van der Waals surface area contributed by atoms with Crippen molar-refractivity contribution in [2.45, 2.75) is 26.8 Å². The molecule has 0 aromatic carbocycles. The summed E-state index contributed by atoms with van der Waals surface area (Å²) in [4.78, 5) is 4.46. The van der Waals surface area contributed by atoms with E-state index in [0.29, 0.717) is 0 Å². The van der Waals surface area contributed by atoms with Crippen LogP contribution >= 0.6 is 0 Å². The van der Waals surface area contributed by atoms with E-state index in [2.05, 4.69) is 29.5 Å². The zero-order valence-electron chi connectivity index (χ0n) is 9.01. The molecule has 1 aromatic rings. The van der Waals surface area contributed by atoms with Crippen molar-refractivity contribution in [2.24, 2.45) is 0 Å². The molecule has 0 unspecified atom stereocenters. The van der Waals surface area contributed by atoms with Gasteiger partial charge in [0.05, 0.1) is 5.69 Å². The van der Waals surface area contributed by atoms with Gasteiger partial charge in [0.15, 0.2) is 0 Å². The van der Waals surface area contributed by atoms with Crippen LogP contribution in [0.25, 0.3) is 0 Å². The van der Waals surface area contributed by atoms with E-state index >= 15 is 0 Å². The van der Waals surface area contributed by atoms with Crippen LogP contribution in [0.15, 0.2) is 18.2 Å². The average molecular weight is 193 g/mol. The molecule has 0 spiro atoms. The van der Waals surface area contributed by atoms with E-state index in [0.717, 1.165) is 37.6 Å². The number of pyridine rings is 1. The van der Waals surface area contributed by atoms with Gasteiger partial charge in [0.2, 0.25) is 0 Å². The molecule has 78 valence electrons. The summed E-state index contributed by atoms with van der Waals surface area (Å²) < 4.78 is 0. The van der Waals surface area contributed by atoms with Crippen LogP contribution < -0.4 is 10.6 Å². The maximum absolute atomic E-state index is 4.46. The van der Waals surface area contributed by atoms with Crippen molar-refractivity contribution in [3.8, 4) is 0 Å². The van der Waals surface area contributed by atoms with E-state index in [4.69, 9.17) is 0 Å². The molecule has 0 aliphatic carbocycles. The molecule has 0 amide bonds. The maximum Gasteiger partial charge on any atom is 0.126 e. The summed E-state index contributed by atoms with van der Waals surface area (Å²) >= 11 is 0. The predicted molar refractivity (Wildman–Crippen MR) is 60.4 cm³/mol. The average Bonchev–Trinajstić information content (AvgIpc) is 2.19. The van der Waals surface area contributed by atoms with Crippen molar-refractivity contribution in [1.29, 1.82) is 0 Å². The minimum Gasteiger partial charge on any atom is -0.370 e. The normalized spacial score (nSPS) is 10.1. The predicted octanol–water partition coefficient (Wildman–Crippen LogP) is 2.01. The lowest BCUT2D eigenvalue weighted by molar-refractivity contribution is 0.665. The van der Waals surface area contributed by atoms with Crippen molar-refractivity contribution in [3.63, 3.8) is 0 Å². The second-order valence-electron chi connectivity index (χ2n) is 3.22. The van der Waals surface area contributed by atoms with Gasteiger partial charge < -0.3 is 10.6 Å². The van der Waals surface area contributed by atoms with Gasteiger partial charge in [-0.3, -0.25) is 0 Å². The Morgan fingerprint density at radius 2 is 2.14 bits per heavy atom. The fourth-order valence-electron chi connectivity index (χ4n) is 1.25. The third kappa shape index (κ3) is 3.75. The molecule has 0 saturated carbocycles. The van der Waals surface area contributed by atoms with Crippen LogP contribution in [-0.4, -0.2) is 18.1 Å². The highest BCUT2D eigenvalue weighted by Gasteiger charge is 1.95. The Bertz CT molecular complexity index is 260. The molecule has 0 radical (unpaired) electrons. The number of anilines is 1. The SMILES string of the molecule is CCCNCc1cccc(NCC)n1. The Kier molecular flexibility index (Phi) is 5.00. The van der Waals surface area contributed by atoms with Crippen LogP contribution in [0, 0.1) is 0 Å². The summed E-state index contributed by atoms with van der Waals surface area (Å²) in [6.07, 6.45) is 1.16. The molecule has 0 aliphatic rings. The molecule has 1 aromatic heterocycles. The van der Waals surface area contributed by atoms with Crippen LogP contribution in [0.5, 0.6) is 0 Å². The molecule has 0 saturated heterocycles. The molecular weight excluding hydrogens is 174 g/mol. The van der Waals surface area contributed by atoms with Crippen molar-refractivity contribution < 1.29 is 0 Å². The second kappa shape index (κ2) is 6.38. The fourth-order valence-corrected chi connectivity index (χ4v) is 1.25. The van der Waals surface area contributed by atoms with Gasteiger partial charge in [0.1, 0.15) is 5.82 Å². The summed E-state index contributed by atoms with van der Waals surface area (Å²) in [5.41, 5.74) is 1.09. The summed E-state index contributed by atoms with van der Waals surface area (Å²) in [6, 6.07) is 6.07. The third-order valence-electron chi connectivity index (χ3n) is 1.90. The number of nitrogens with one attached hydrogen (secondary N) is 2. The van der Waals surface area contributed by atoms with Gasteiger partial charge in [-0.25, -0.2) is 4.98 Å².